The van der Waals surface area contributed by atoms with E-state index in [2.05, 4.69) is 26.6 Å². The molecule has 8 heteroatoms. The van der Waals surface area contributed by atoms with Crippen LogP contribution < -0.4 is 0 Å². The number of esters is 1. The fourth-order valence-electron chi connectivity index (χ4n) is 3.65. The molecule has 0 radical (unpaired) electrons. The van der Waals surface area contributed by atoms with Gasteiger partial charge in [0, 0.05) is 52.4 Å². The normalized spacial score (nSPS) is 21.3. The lowest BCUT2D eigenvalue weighted by Gasteiger charge is -2.34. The molecule has 1 amide bonds. The van der Waals surface area contributed by atoms with E-state index in [1.165, 1.54) is 5.56 Å². The van der Waals surface area contributed by atoms with Crippen LogP contribution in [0.3, 0.4) is 0 Å². The number of carbonyl (C=O) groups excluding carboxylic acids is 2. The monoisotopic (exact) mass is 423 g/mol. The summed E-state index contributed by atoms with van der Waals surface area (Å²) in [4.78, 5) is 30.9. The Morgan fingerprint density at radius 2 is 1.86 bits per heavy atom. The highest BCUT2D eigenvalue weighted by Crippen LogP contribution is 2.20. The van der Waals surface area contributed by atoms with E-state index in [0.29, 0.717) is 26.1 Å². The maximum Gasteiger partial charge on any atom is 0.410 e. The van der Waals surface area contributed by atoms with E-state index < -0.39 is 5.60 Å². The minimum Gasteiger partial charge on any atom is -0.464 e. The summed E-state index contributed by atoms with van der Waals surface area (Å²) in [7, 11) is 0. The molecule has 1 atom stereocenters. The minimum absolute atomic E-state index is 0.202. The van der Waals surface area contributed by atoms with Gasteiger partial charge in [0.25, 0.3) is 0 Å². The molecule has 162 valence electrons. The van der Waals surface area contributed by atoms with E-state index in [4.69, 9.17) is 9.47 Å². The van der Waals surface area contributed by atoms with E-state index in [-0.39, 0.29) is 18.0 Å². The van der Waals surface area contributed by atoms with E-state index >= 15 is 0 Å². The first-order valence-corrected chi connectivity index (χ1v) is 11.3. The van der Waals surface area contributed by atoms with Gasteiger partial charge in [0.1, 0.15) is 12.2 Å². The van der Waals surface area contributed by atoms with Crippen molar-refractivity contribution in [1.82, 2.24) is 14.7 Å². The molecule has 0 bridgehead atoms. The Labute approximate surface area is 177 Å². The molecule has 3 rings (SSSR count). The summed E-state index contributed by atoms with van der Waals surface area (Å²) in [6.45, 7) is 12.7. The quantitative estimate of drug-likeness (QED) is 0.656. The van der Waals surface area contributed by atoms with Crippen molar-refractivity contribution in [3.05, 3.63) is 22.4 Å². The van der Waals surface area contributed by atoms with Crippen molar-refractivity contribution in [2.75, 3.05) is 52.4 Å². The SMILES string of the molecule is CC(C)(C)OC(=O)N1CC[C@H](C(=O)OCCN2CCN(Cc3ccsc3)CC2)C1. The third-order valence-electron chi connectivity index (χ3n) is 5.28. The predicted octanol–water partition coefficient (Wildman–Crippen LogP) is 2.67. The number of rotatable bonds is 6. The molecular weight excluding hydrogens is 390 g/mol. The first kappa shape index (κ1) is 22.1. The topological polar surface area (TPSA) is 62.3 Å². The van der Waals surface area contributed by atoms with E-state index in [1.807, 2.05) is 20.8 Å². The molecule has 0 unspecified atom stereocenters. The molecule has 0 spiro atoms. The van der Waals surface area contributed by atoms with Crippen molar-refractivity contribution in [2.45, 2.75) is 39.3 Å². The zero-order valence-corrected chi connectivity index (χ0v) is 18.6. The summed E-state index contributed by atoms with van der Waals surface area (Å²) < 4.78 is 10.9. The third-order valence-corrected chi connectivity index (χ3v) is 6.01. The van der Waals surface area contributed by atoms with Crippen LogP contribution >= 0.6 is 11.3 Å². The molecule has 2 fully saturated rings. The largest absolute Gasteiger partial charge is 0.464 e. The van der Waals surface area contributed by atoms with Crippen LogP contribution in [0.5, 0.6) is 0 Å². The second kappa shape index (κ2) is 9.91. The predicted molar refractivity (Wildman–Crippen MR) is 113 cm³/mol. The van der Waals surface area contributed by atoms with Gasteiger partial charge < -0.3 is 14.4 Å². The highest BCUT2D eigenvalue weighted by Gasteiger charge is 2.34. The van der Waals surface area contributed by atoms with Gasteiger partial charge in [0.05, 0.1) is 5.92 Å². The lowest BCUT2D eigenvalue weighted by Crippen LogP contribution is -2.46. The molecule has 3 heterocycles. The second-order valence-electron chi connectivity index (χ2n) is 8.83. The summed E-state index contributed by atoms with van der Waals surface area (Å²) in [5.74, 6) is -0.447. The van der Waals surface area contributed by atoms with Crippen molar-refractivity contribution in [3.8, 4) is 0 Å². The molecular formula is C21H33N3O4S. The van der Waals surface area contributed by atoms with Crippen LogP contribution in [0.4, 0.5) is 4.79 Å². The molecule has 1 aromatic heterocycles. The molecule has 0 aliphatic carbocycles. The zero-order chi connectivity index (χ0) is 20.9. The molecule has 29 heavy (non-hydrogen) atoms. The number of thiophene rings is 1. The average molecular weight is 424 g/mol. The number of ether oxygens (including phenoxy) is 2. The Balaban J connectivity index is 1.30. The maximum absolute atomic E-state index is 12.3. The number of likely N-dealkylation sites (tertiary alicyclic amines) is 1. The summed E-state index contributed by atoms with van der Waals surface area (Å²) in [5, 5.41) is 4.33. The van der Waals surface area contributed by atoms with Gasteiger partial charge in [-0.25, -0.2) is 4.79 Å². The van der Waals surface area contributed by atoms with Crippen LogP contribution in [-0.4, -0.2) is 84.8 Å². The first-order valence-electron chi connectivity index (χ1n) is 10.4. The summed E-state index contributed by atoms with van der Waals surface area (Å²) in [6.07, 6.45) is 0.285. The second-order valence-corrected chi connectivity index (χ2v) is 9.61. The number of carbonyl (C=O) groups is 2. The van der Waals surface area contributed by atoms with Crippen molar-refractivity contribution in [1.29, 1.82) is 0 Å². The Kier molecular flexibility index (Phi) is 7.54. The van der Waals surface area contributed by atoms with Crippen molar-refractivity contribution >= 4 is 23.4 Å². The fourth-order valence-corrected chi connectivity index (χ4v) is 4.31. The Hall–Kier alpha value is -1.64. The molecule has 7 nitrogen and oxygen atoms in total. The lowest BCUT2D eigenvalue weighted by molar-refractivity contribution is -0.148. The molecule has 0 saturated carbocycles. The van der Waals surface area contributed by atoms with Crippen molar-refractivity contribution in [3.63, 3.8) is 0 Å². The van der Waals surface area contributed by atoms with Gasteiger partial charge in [-0.15, -0.1) is 0 Å². The highest BCUT2D eigenvalue weighted by atomic mass is 32.1. The van der Waals surface area contributed by atoms with Crippen LogP contribution in [0, 0.1) is 5.92 Å². The number of nitrogens with zero attached hydrogens (tertiary/aromatic N) is 3. The number of hydrogen-bond acceptors (Lipinski definition) is 7. The maximum atomic E-state index is 12.3. The number of hydrogen-bond donors (Lipinski definition) is 0. The summed E-state index contributed by atoms with van der Waals surface area (Å²) in [6, 6.07) is 2.18. The minimum atomic E-state index is -0.524. The lowest BCUT2D eigenvalue weighted by atomic mass is 10.1. The van der Waals surface area contributed by atoms with Gasteiger partial charge in [0.15, 0.2) is 0 Å². The average Bonchev–Trinajstić information content (AvgIpc) is 3.33. The fraction of sp³-hybridized carbons (Fsp3) is 0.714. The van der Waals surface area contributed by atoms with Crippen LogP contribution in [0.15, 0.2) is 16.8 Å². The highest BCUT2D eigenvalue weighted by molar-refractivity contribution is 7.07. The van der Waals surface area contributed by atoms with E-state index in [9.17, 15) is 9.59 Å². The Morgan fingerprint density at radius 3 is 2.52 bits per heavy atom. The van der Waals surface area contributed by atoms with Crippen LogP contribution in [0.25, 0.3) is 0 Å². The van der Waals surface area contributed by atoms with E-state index in [1.54, 1.807) is 16.2 Å². The van der Waals surface area contributed by atoms with Crippen molar-refractivity contribution in [2.24, 2.45) is 5.92 Å². The summed E-state index contributed by atoms with van der Waals surface area (Å²) in [5.41, 5.74) is 0.859. The van der Waals surface area contributed by atoms with Crippen LogP contribution in [0.2, 0.25) is 0 Å². The smallest absolute Gasteiger partial charge is 0.410 e. The van der Waals surface area contributed by atoms with Gasteiger partial charge in [0.2, 0.25) is 0 Å². The number of amides is 1. The standard InChI is InChI=1S/C21H33N3O4S/c1-21(2,3)28-20(26)24-6-4-18(15-24)19(25)27-12-11-22-7-9-23(10-8-22)14-17-5-13-29-16-17/h5,13,16,18H,4,6-12,14-15H2,1-3H3/t18-/m0/s1. The Bertz CT molecular complexity index is 666. The molecule has 2 aliphatic rings. The number of piperazine rings is 1. The first-order chi connectivity index (χ1) is 13.8. The van der Waals surface area contributed by atoms with Gasteiger partial charge in [-0.05, 0) is 49.6 Å². The zero-order valence-electron chi connectivity index (χ0n) is 17.8. The van der Waals surface area contributed by atoms with Gasteiger partial charge >= 0.3 is 12.1 Å². The van der Waals surface area contributed by atoms with Gasteiger partial charge in [-0.3, -0.25) is 14.6 Å². The molecule has 2 saturated heterocycles. The Morgan fingerprint density at radius 1 is 1.14 bits per heavy atom. The van der Waals surface area contributed by atoms with Gasteiger partial charge in [-0.2, -0.15) is 11.3 Å². The third kappa shape index (κ3) is 6.97. The van der Waals surface area contributed by atoms with Crippen LogP contribution in [-0.2, 0) is 20.8 Å². The molecule has 2 aliphatic heterocycles. The molecule has 0 aromatic carbocycles. The van der Waals surface area contributed by atoms with Crippen LogP contribution in [0.1, 0.15) is 32.8 Å². The molecule has 0 N–H and O–H groups in total. The van der Waals surface area contributed by atoms with Gasteiger partial charge in [-0.1, -0.05) is 0 Å². The van der Waals surface area contributed by atoms with Crippen molar-refractivity contribution < 1.29 is 19.1 Å². The summed E-state index contributed by atoms with van der Waals surface area (Å²) >= 11 is 1.74. The molecule has 1 aromatic rings. The van der Waals surface area contributed by atoms with E-state index in [0.717, 1.165) is 39.3 Å².